The molecule has 3 fully saturated rings. The maximum absolute atomic E-state index is 13.9. The summed E-state index contributed by atoms with van der Waals surface area (Å²) < 4.78 is 0. The highest BCUT2D eigenvalue weighted by atomic mass is 35.5. The Morgan fingerprint density at radius 2 is 1.75 bits per heavy atom. The Morgan fingerprint density at radius 1 is 0.975 bits per heavy atom. The van der Waals surface area contributed by atoms with Crippen LogP contribution in [0.3, 0.4) is 0 Å². The van der Waals surface area contributed by atoms with E-state index >= 15 is 0 Å². The summed E-state index contributed by atoms with van der Waals surface area (Å²) in [6, 6.07) is 14.6. The largest absolute Gasteiger partial charge is 0.507 e. The molecule has 204 valence electrons. The molecule has 7 rings (SSSR count). The van der Waals surface area contributed by atoms with Crippen molar-refractivity contribution < 1.29 is 24.3 Å². The van der Waals surface area contributed by atoms with Crippen LogP contribution < -0.4 is 0 Å². The van der Waals surface area contributed by atoms with E-state index in [9.17, 15) is 24.3 Å². The van der Waals surface area contributed by atoms with E-state index in [-0.39, 0.29) is 37.0 Å². The minimum atomic E-state index is -1.93. The van der Waals surface area contributed by atoms with Gasteiger partial charge in [-0.05, 0) is 35.6 Å². The maximum atomic E-state index is 13.9. The van der Waals surface area contributed by atoms with Gasteiger partial charge in [0, 0.05) is 28.8 Å². The zero-order valence-corrected chi connectivity index (χ0v) is 23.7. The topological polar surface area (TPSA) is 95.0 Å². The number of phenols is 1. The molecule has 0 radical (unpaired) electrons. The molecular formula is C30H24Cl2N2O5S. The quantitative estimate of drug-likeness (QED) is 0.267. The molecule has 1 N–H and O–H groups in total. The molecule has 2 aromatic carbocycles. The summed E-state index contributed by atoms with van der Waals surface area (Å²) >= 11 is 15.9. The van der Waals surface area contributed by atoms with Crippen LogP contribution in [0.2, 0.25) is 0 Å². The van der Waals surface area contributed by atoms with Gasteiger partial charge in [0.1, 0.15) is 5.75 Å². The lowest BCUT2D eigenvalue weighted by Crippen LogP contribution is -2.60. The monoisotopic (exact) mass is 594 g/mol. The van der Waals surface area contributed by atoms with Crippen molar-refractivity contribution in [3.8, 4) is 5.75 Å². The number of carbonyl (C=O) groups excluding carboxylic acids is 4. The summed E-state index contributed by atoms with van der Waals surface area (Å²) in [5.41, 5.74) is 1.02. The Morgan fingerprint density at radius 3 is 2.50 bits per heavy atom. The number of aromatic hydroxyl groups is 1. The van der Waals surface area contributed by atoms with Crippen LogP contribution in [0.25, 0.3) is 10.8 Å². The van der Waals surface area contributed by atoms with Crippen LogP contribution in [-0.4, -0.2) is 55.3 Å². The number of hydrogen-bond donors (Lipinski definition) is 1. The number of halogens is 2. The Bertz CT molecular complexity index is 1670. The highest BCUT2D eigenvalue weighted by Crippen LogP contribution is 2.66. The van der Waals surface area contributed by atoms with E-state index in [0.717, 1.165) is 15.2 Å². The molecule has 2 aliphatic heterocycles. The third-order valence-electron chi connectivity index (χ3n) is 9.24. The van der Waals surface area contributed by atoms with Crippen molar-refractivity contribution in [2.24, 2.45) is 17.8 Å². The lowest BCUT2D eigenvalue weighted by molar-refractivity contribution is -0.141. The molecule has 0 bridgehead atoms. The second-order valence-corrected chi connectivity index (χ2v) is 13.3. The van der Waals surface area contributed by atoms with Crippen molar-refractivity contribution in [1.29, 1.82) is 0 Å². The number of allylic oxidation sites excluding steroid dienone is 2. The van der Waals surface area contributed by atoms with Crippen LogP contribution in [0.4, 0.5) is 0 Å². The molecule has 6 atom stereocenters. The number of alkyl halides is 2. The van der Waals surface area contributed by atoms with Crippen LogP contribution in [0, 0.1) is 17.8 Å². The van der Waals surface area contributed by atoms with Crippen LogP contribution in [0.5, 0.6) is 5.75 Å². The van der Waals surface area contributed by atoms with Crippen molar-refractivity contribution in [1.82, 2.24) is 9.80 Å². The SMILES string of the molecule is CN1C(=O)[C@]2(Cl)C[C@@H]3C(=CC[C@@H]4C(=O)N(Cc5cccs5)C(=O)[C@@H]43)[C@H](c3ccc4ccccc4c3O)[C@]2(Cl)C1=O. The number of likely N-dealkylation sites (tertiary alicyclic amines) is 2. The lowest BCUT2D eigenvalue weighted by Gasteiger charge is -2.50. The molecule has 3 aromatic rings. The smallest absolute Gasteiger partial charge is 0.253 e. The van der Waals surface area contributed by atoms with Gasteiger partial charge in [0.2, 0.25) is 11.8 Å². The molecule has 2 aliphatic carbocycles. The first-order valence-electron chi connectivity index (χ1n) is 13.1. The minimum absolute atomic E-state index is 0.0613. The fraction of sp³-hybridized carbons (Fsp3) is 0.333. The molecule has 0 unspecified atom stereocenters. The normalized spacial score (nSPS) is 33.3. The van der Waals surface area contributed by atoms with E-state index < -0.39 is 45.2 Å². The van der Waals surface area contributed by atoms with Crippen molar-refractivity contribution >= 4 is 68.9 Å². The van der Waals surface area contributed by atoms with E-state index in [4.69, 9.17) is 23.2 Å². The third kappa shape index (κ3) is 3.12. The first-order valence-corrected chi connectivity index (χ1v) is 14.7. The number of thiophene rings is 1. The molecular weight excluding hydrogens is 571 g/mol. The van der Waals surface area contributed by atoms with E-state index in [1.807, 2.05) is 41.8 Å². The van der Waals surface area contributed by atoms with Gasteiger partial charge in [-0.15, -0.1) is 34.5 Å². The highest BCUT2D eigenvalue weighted by molar-refractivity contribution is 7.09. The van der Waals surface area contributed by atoms with Crippen LogP contribution >= 0.6 is 34.5 Å². The predicted molar refractivity (Wildman–Crippen MR) is 151 cm³/mol. The second-order valence-electron chi connectivity index (χ2n) is 11.1. The Labute approximate surface area is 244 Å². The molecule has 4 aliphatic rings. The summed E-state index contributed by atoms with van der Waals surface area (Å²) in [7, 11) is 1.35. The van der Waals surface area contributed by atoms with Gasteiger partial charge in [0.25, 0.3) is 11.8 Å². The number of amides is 4. The van der Waals surface area contributed by atoms with Gasteiger partial charge >= 0.3 is 0 Å². The van der Waals surface area contributed by atoms with Crippen molar-refractivity contribution in [2.45, 2.75) is 35.1 Å². The fourth-order valence-corrected chi connectivity index (χ4v) is 9.08. The summed E-state index contributed by atoms with van der Waals surface area (Å²) in [6.45, 7) is 0.185. The summed E-state index contributed by atoms with van der Waals surface area (Å²) in [6.07, 6.45) is 2.09. The number of benzene rings is 2. The summed E-state index contributed by atoms with van der Waals surface area (Å²) in [4.78, 5) is 54.0. The maximum Gasteiger partial charge on any atom is 0.253 e. The van der Waals surface area contributed by atoms with Gasteiger partial charge in [0.05, 0.1) is 18.4 Å². The third-order valence-corrected chi connectivity index (χ3v) is 11.5. The van der Waals surface area contributed by atoms with Gasteiger partial charge in [-0.2, -0.15) is 0 Å². The second kappa shape index (κ2) is 8.65. The lowest BCUT2D eigenvalue weighted by atomic mass is 9.56. The Hall–Kier alpha value is -3.20. The standard InChI is InChI=1S/C30H24Cl2N2O5S/c1-33-27(38)29(31)13-21-18(10-11-19-22(21)26(37)34(25(19)36)14-16-6-4-12-40-16)23(30(29,32)28(33)39)20-9-8-15-5-2-3-7-17(15)24(20)35/h2-10,12,19,21-23,35H,11,13-14H2,1H3/t19-,21+,22-,23+,29+,30-/m0/s1. The van der Waals surface area contributed by atoms with E-state index in [1.54, 1.807) is 18.2 Å². The van der Waals surface area contributed by atoms with Gasteiger partial charge in [-0.3, -0.25) is 29.0 Å². The first kappa shape index (κ1) is 25.7. The molecule has 1 aromatic heterocycles. The average molecular weight is 596 g/mol. The van der Waals surface area contributed by atoms with Gasteiger partial charge < -0.3 is 5.11 Å². The van der Waals surface area contributed by atoms with Crippen LogP contribution in [0.15, 0.2) is 65.6 Å². The molecule has 3 heterocycles. The Kier molecular flexibility index (Phi) is 5.57. The molecule has 10 heteroatoms. The molecule has 1 saturated carbocycles. The molecule has 4 amide bonds. The number of fused-ring (bicyclic) bond motifs is 5. The molecule has 2 saturated heterocycles. The molecule has 7 nitrogen and oxygen atoms in total. The van der Waals surface area contributed by atoms with E-state index in [1.165, 1.54) is 23.3 Å². The van der Waals surface area contributed by atoms with Crippen LogP contribution in [-0.2, 0) is 25.7 Å². The molecule has 0 spiro atoms. The average Bonchev–Trinajstić information content (AvgIpc) is 3.59. The van der Waals surface area contributed by atoms with Crippen molar-refractivity contribution in [3.63, 3.8) is 0 Å². The first-order chi connectivity index (χ1) is 19.1. The van der Waals surface area contributed by atoms with Gasteiger partial charge in [-0.1, -0.05) is 54.1 Å². The van der Waals surface area contributed by atoms with Crippen molar-refractivity contribution in [3.05, 3.63) is 76.0 Å². The van der Waals surface area contributed by atoms with Crippen molar-refractivity contribution in [2.75, 3.05) is 7.05 Å². The summed E-state index contributed by atoms with van der Waals surface area (Å²) in [5.74, 6) is -4.88. The molecule has 40 heavy (non-hydrogen) atoms. The number of nitrogens with zero attached hydrogens (tertiary/aromatic N) is 2. The summed E-state index contributed by atoms with van der Waals surface area (Å²) in [5, 5.41) is 14.8. The number of rotatable bonds is 3. The van der Waals surface area contributed by atoms with Gasteiger partial charge in [0.15, 0.2) is 9.75 Å². The number of carbonyl (C=O) groups is 4. The predicted octanol–water partition coefficient (Wildman–Crippen LogP) is 4.80. The number of hydrogen-bond acceptors (Lipinski definition) is 6. The highest BCUT2D eigenvalue weighted by Gasteiger charge is 2.76. The van der Waals surface area contributed by atoms with E-state index in [0.29, 0.717) is 16.5 Å². The minimum Gasteiger partial charge on any atom is -0.507 e. The Balaban J connectivity index is 1.40. The zero-order valence-electron chi connectivity index (χ0n) is 21.3. The van der Waals surface area contributed by atoms with Crippen LogP contribution in [0.1, 0.15) is 29.2 Å². The fourth-order valence-electron chi connectivity index (χ4n) is 7.37. The number of imide groups is 2. The van der Waals surface area contributed by atoms with E-state index in [2.05, 4.69) is 0 Å². The number of phenolic OH excluding ortho intramolecular Hbond substituents is 1. The van der Waals surface area contributed by atoms with Gasteiger partial charge in [-0.25, -0.2) is 0 Å². The zero-order chi connectivity index (χ0) is 28.1.